The number of nitrogen functional groups attached to an aromatic ring is 1. The van der Waals surface area contributed by atoms with Gasteiger partial charge < -0.3 is 5.32 Å². The van der Waals surface area contributed by atoms with E-state index in [1.54, 1.807) is 6.20 Å². The summed E-state index contributed by atoms with van der Waals surface area (Å²) in [6.45, 7) is 5.31. The summed E-state index contributed by atoms with van der Waals surface area (Å²) in [5, 5.41) is 3.42. The lowest BCUT2D eigenvalue weighted by Crippen LogP contribution is -2.24. The fraction of sp³-hybridized carbons (Fsp3) is 0.667. The monoisotopic (exact) mass is 235 g/mol. The van der Waals surface area contributed by atoms with Crippen LogP contribution in [0.3, 0.4) is 0 Å². The second-order valence-electron chi connectivity index (χ2n) is 5.24. The molecule has 5 nitrogen and oxygen atoms in total. The zero-order valence-electron chi connectivity index (χ0n) is 10.6. The van der Waals surface area contributed by atoms with Crippen molar-refractivity contribution in [3.8, 4) is 0 Å². The van der Waals surface area contributed by atoms with Gasteiger partial charge >= 0.3 is 0 Å². The van der Waals surface area contributed by atoms with Crippen LogP contribution in [0.4, 0.5) is 11.8 Å². The third kappa shape index (κ3) is 2.85. The predicted octanol–water partition coefficient (Wildman–Crippen LogP) is 2.06. The van der Waals surface area contributed by atoms with Crippen molar-refractivity contribution in [2.24, 2.45) is 11.3 Å². The molecule has 0 radical (unpaired) electrons. The van der Waals surface area contributed by atoms with E-state index >= 15 is 0 Å². The van der Waals surface area contributed by atoms with E-state index < -0.39 is 0 Å². The second kappa shape index (κ2) is 4.87. The lowest BCUT2D eigenvalue weighted by molar-refractivity contribution is 0.361. The molecule has 1 aliphatic rings. The van der Waals surface area contributed by atoms with Crippen molar-refractivity contribution in [3.63, 3.8) is 0 Å². The van der Waals surface area contributed by atoms with Gasteiger partial charge in [-0.3, -0.25) is 5.43 Å². The Kier molecular flexibility index (Phi) is 3.47. The first kappa shape index (κ1) is 12.1. The van der Waals surface area contributed by atoms with Crippen molar-refractivity contribution >= 4 is 11.8 Å². The van der Waals surface area contributed by atoms with E-state index in [0.29, 0.717) is 11.4 Å². The number of aromatic nitrogens is 2. The molecular weight excluding hydrogens is 214 g/mol. The van der Waals surface area contributed by atoms with Crippen LogP contribution in [0.15, 0.2) is 6.20 Å². The molecule has 0 atom stereocenters. The zero-order chi connectivity index (χ0) is 12.3. The van der Waals surface area contributed by atoms with E-state index in [9.17, 15) is 0 Å². The van der Waals surface area contributed by atoms with E-state index in [0.717, 1.165) is 17.9 Å². The number of nitrogens with two attached hydrogens (primary N) is 1. The fourth-order valence-electron chi connectivity index (χ4n) is 2.39. The maximum Gasteiger partial charge on any atom is 0.239 e. The quantitative estimate of drug-likeness (QED) is 0.550. The second-order valence-corrected chi connectivity index (χ2v) is 5.24. The molecule has 1 saturated carbocycles. The first-order valence-electron chi connectivity index (χ1n) is 6.17. The number of hydrazine groups is 1. The molecule has 0 unspecified atom stereocenters. The van der Waals surface area contributed by atoms with Crippen LogP contribution in [0.1, 0.15) is 38.2 Å². The average Bonchev–Trinajstić information content (AvgIpc) is 2.76. The summed E-state index contributed by atoms with van der Waals surface area (Å²) in [5.74, 6) is 6.64. The molecule has 1 aromatic rings. The highest BCUT2D eigenvalue weighted by atomic mass is 15.3. The Balaban J connectivity index is 2.02. The van der Waals surface area contributed by atoms with Gasteiger partial charge in [0.05, 0.1) is 0 Å². The van der Waals surface area contributed by atoms with Gasteiger partial charge in [-0.25, -0.2) is 10.8 Å². The summed E-state index contributed by atoms with van der Waals surface area (Å²) in [6.07, 6.45) is 7.06. The Bertz CT molecular complexity index is 384. The highest BCUT2D eigenvalue weighted by Crippen LogP contribution is 2.37. The SMILES string of the molecule is Cc1cnc(NN)nc1NCC1(C)CCCC1. The Morgan fingerprint density at radius 1 is 1.41 bits per heavy atom. The third-order valence-electron chi connectivity index (χ3n) is 3.59. The normalized spacial score (nSPS) is 18.1. The van der Waals surface area contributed by atoms with E-state index in [2.05, 4.69) is 27.6 Å². The van der Waals surface area contributed by atoms with Gasteiger partial charge in [-0.2, -0.15) is 4.98 Å². The number of aryl methyl sites for hydroxylation is 1. The van der Waals surface area contributed by atoms with Crippen molar-refractivity contribution in [2.45, 2.75) is 39.5 Å². The van der Waals surface area contributed by atoms with Crippen LogP contribution in [0.25, 0.3) is 0 Å². The minimum absolute atomic E-state index is 0.410. The Hall–Kier alpha value is -1.36. The van der Waals surface area contributed by atoms with Crippen LogP contribution in [0, 0.1) is 12.3 Å². The fourth-order valence-corrected chi connectivity index (χ4v) is 2.39. The van der Waals surface area contributed by atoms with E-state index in [-0.39, 0.29) is 0 Å². The zero-order valence-corrected chi connectivity index (χ0v) is 10.6. The summed E-state index contributed by atoms with van der Waals surface area (Å²) in [5.41, 5.74) is 3.93. The molecule has 2 rings (SSSR count). The molecule has 0 spiro atoms. The van der Waals surface area contributed by atoms with Crippen LogP contribution in [0.5, 0.6) is 0 Å². The van der Waals surface area contributed by atoms with Crippen LogP contribution in [-0.4, -0.2) is 16.5 Å². The summed E-state index contributed by atoms with van der Waals surface area (Å²) >= 11 is 0. The summed E-state index contributed by atoms with van der Waals surface area (Å²) < 4.78 is 0. The van der Waals surface area contributed by atoms with Crippen LogP contribution in [0.2, 0.25) is 0 Å². The molecule has 0 aliphatic heterocycles. The van der Waals surface area contributed by atoms with E-state index in [1.807, 2.05) is 6.92 Å². The number of rotatable bonds is 4. The van der Waals surface area contributed by atoms with Crippen molar-refractivity contribution < 1.29 is 0 Å². The van der Waals surface area contributed by atoms with Crippen LogP contribution < -0.4 is 16.6 Å². The smallest absolute Gasteiger partial charge is 0.239 e. The van der Waals surface area contributed by atoms with Gasteiger partial charge in [-0.15, -0.1) is 0 Å². The number of nitrogens with one attached hydrogen (secondary N) is 2. The van der Waals surface area contributed by atoms with Crippen molar-refractivity contribution in [2.75, 3.05) is 17.3 Å². The molecule has 1 fully saturated rings. The maximum atomic E-state index is 5.31. The van der Waals surface area contributed by atoms with Gasteiger partial charge in [0.2, 0.25) is 5.95 Å². The number of hydrogen-bond acceptors (Lipinski definition) is 5. The molecule has 1 aliphatic carbocycles. The largest absolute Gasteiger partial charge is 0.369 e. The summed E-state index contributed by atoms with van der Waals surface area (Å²) in [4.78, 5) is 8.39. The number of hydrogen-bond donors (Lipinski definition) is 3. The first-order valence-corrected chi connectivity index (χ1v) is 6.17. The van der Waals surface area contributed by atoms with Gasteiger partial charge in [0, 0.05) is 18.3 Å². The van der Waals surface area contributed by atoms with Gasteiger partial charge in [0.15, 0.2) is 0 Å². The highest BCUT2D eigenvalue weighted by Gasteiger charge is 2.28. The van der Waals surface area contributed by atoms with Gasteiger partial charge in [-0.1, -0.05) is 19.8 Å². The third-order valence-corrected chi connectivity index (χ3v) is 3.59. The minimum Gasteiger partial charge on any atom is -0.369 e. The number of anilines is 2. The average molecular weight is 235 g/mol. The molecule has 4 N–H and O–H groups in total. The first-order chi connectivity index (χ1) is 8.13. The highest BCUT2D eigenvalue weighted by molar-refractivity contribution is 5.46. The minimum atomic E-state index is 0.410. The molecule has 17 heavy (non-hydrogen) atoms. The van der Waals surface area contributed by atoms with E-state index in [1.165, 1.54) is 25.7 Å². The van der Waals surface area contributed by atoms with Crippen LogP contribution >= 0.6 is 0 Å². The molecule has 0 amide bonds. The summed E-state index contributed by atoms with van der Waals surface area (Å²) in [6, 6.07) is 0. The van der Waals surface area contributed by atoms with Crippen molar-refractivity contribution in [1.82, 2.24) is 9.97 Å². The molecule has 0 saturated heterocycles. The maximum absolute atomic E-state index is 5.31. The van der Waals surface area contributed by atoms with Gasteiger partial charge in [0.1, 0.15) is 5.82 Å². The van der Waals surface area contributed by atoms with Crippen LogP contribution in [-0.2, 0) is 0 Å². The predicted molar refractivity (Wildman–Crippen MR) is 69.6 cm³/mol. The molecule has 0 aromatic carbocycles. The Labute approximate surface area is 102 Å². The van der Waals surface area contributed by atoms with E-state index in [4.69, 9.17) is 5.84 Å². The molecular formula is C12H21N5. The molecule has 5 heteroatoms. The Morgan fingerprint density at radius 3 is 2.76 bits per heavy atom. The lowest BCUT2D eigenvalue weighted by Gasteiger charge is -2.24. The standard InChI is InChI=1S/C12H21N5/c1-9-7-14-11(17-13)16-10(9)15-8-12(2)5-3-4-6-12/h7H,3-6,8,13H2,1-2H3,(H2,14,15,16,17). The van der Waals surface area contributed by atoms with Gasteiger partial charge in [0.25, 0.3) is 0 Å². The van der Waals surface area contributed by atoms with Gasteiger partial charge in [-0.05, 0) is 25.2 Å². The summed E-state index contributed by atoms with van der Waals surface area (Å²) in [7, 11) is 0. The molecule has 0 bridgehead atoms. The molecule has 1 heterocycles. The Morgan fingerprint density at radius 2 is 2.12 bits per heavy atom. The van der Waals surface area contributed by atoms with Crippen molar-refractivity contribution in [1.29, 1.82) is 0 Å². The molecule has 1 aromatic heterocycles. The number of nitrogens with zero attached hydrogens (tertiary/aromatic N) is 2. The van der Waals surface area contributed by atoms with Crippen molar-refractivity contribution in [3.05, 3.63) is 11.8 Å². The molecule has 94 valence electrons. The topological polar surface area (TPSA) is 75.9 Å². The lowest BCUT2D eigenvalue weighted by atomic mass is 9.89.